The predicted molar refractivity (Wildman–Crippen MR) is 105 cm³/mol. The predicted octanol–water partition coefficient (Wildman–Crippen LogP) is 3.22. The molecule has 1 heterocycles. The molecular weight excluding hydrogens is 366 g/mol. The second-order valence-electron chi connectivity index (χ2n) is 6.52. The van der Waals surface area contributed by atoms with E-state index in [0.717, 1.165) is 5.56 Å². The molecule has 1 aromatic carbocycles. The highest BCUT2D eigenvalue weighted by atomic mass is 35.5. The quantitative estimate of drug-likeness (QED) is 0.583. The Balaban J connectivity index is 2.12. The molecule has 0 saturated carbocycles. The van der Waals surface area contributed by atoms with Gasteiger partial charge in [0.1, 0.15) is 11.2 Å². The highest BCUT2D eigenvalue weighted by Crippen LogP contribution is 2.22. The molecule has 7 heteroatoms. The molecule has 1 N–H and O–H groups in total. The Morgan fingerprint density at radius 2 is 1.96 bits per heavy atom. The molecule has 2 rings (SSSR count). The summed E-state index contributed by atoms with van der Waals surface area (Å²) in [4.78, 5) is 23.9. The van der Waals surface area contributed by atoms with Crippen molar-refractivity contribution in [1.29, 1.82) is 0 Å². The van der Waals surface area contributed by atoms with E-state index in [9.17, 15) is 9.59 Å². The van der Waals surface area contributed by atoms with Gasteiger partial charge in [-0.1, -0.05) is 55.8 Å². The number of aryl methyl sites for hydroxylation is 1. The van der Waals surface area contributed by atoms with Gasteiger partial charge in [0.25, 0.3) is 0 Å². The van der Waals surface area contributed by atoms with Gasteiger partial charge in [-0.05, 0) is 24.5 Å². The monoisotopic (exact) mass is 389 g/mol. The summed E-state index contributed by atoms with van der Waals surface area (Å²) in [6.07, 6.45) is 2.96. The fourth-order valence-corrected chi connectivity index (χ4v) is 2.90. The zero-order chi connectivity index (χ0) is 20.0. The lowest BCUT2D eigenvalue weighted by atomic mass is 10.0. The third-order valence-corrected chi connectivity index (χ3v) is 4.50. The number of rotatable bonds is 7. The number of aromatic nitrogens is 2. The van der Waals surface area contributed by atoms with Crippen molar-refractivity contribution in [1.82, 2.24) is 15.1 Å². The van der Waals surface area contributed by atoms with Crippen LogP contribution < -0.4 is 5.32 Å². The lowest BCUT2D eigenvalue weighted by Crippen LogP contribution is -2.44. The number of carbonyl (C=O) groups excluding carboxylic acids is 2. The Morgan fingerprint density at radius 3 is 2.56 bits per heavy atom. The van der Waals surface area contributed by atoms with Crippen LogP contribution >= 0.6 is 11.6 Å². The molecule has 0 bridgehead atoms. The second-order valence-corrected chi connectivity index (χ2v) is 6.88. The van der Waals surface area contributed by atoms with Gasteiger partial charge in [0.15, 0.2) is 0 Å². The first kappa shape index (κ1) is 20.7. The van der Waals surface area contributed by atoms with Crippen molar-refractivity contribution in [3.05, 3.63) is 58.4 Å². The molecule has 0 fully saturated rings. The molecule has 27 heavy (non-hydrogen) atoms. The minimum Gasteiger partial charge on any atom is -0.467 e. The Kier molecular flexibility index (Phi) is 7.19. The van der Waals surface area contributed by atoms with E-state index >= 15 is 0 Å². The number of methoxy groups -OCH3 is 1. The van der Waals surface area contributed by atoms with Crippen LogP contribution in [0.5, 0.6) is 0 Å². The summed E-state index contributed by atoms with van der Waals surface area (Å²) in [5.74, 6) is -0.962. The van der Waals surface area contributed by atoms with E-state index in [-0.39, 0.29) is 5.92 Å². The van der Waals surface area contributed by atoms with Gasteiger partial charge in [0.2, 0.25) is 5.91 Å². The molecule has 1 unspecified atom stereocenters. The molecular formula is C20H24ClN3O3. The lowest BCUT2D eigenvalue weighted by Gasteiger charge is -2.18. The lowest BCUT2D eigenvalue weighted by molar-refractivity contribution is -0.145. The van der Waals surface area contributed by atoms with Crippen molar-refractivity contribution in [2.24, 2.45) is 5.92 Å². The summed E-state index contributed by atoms with van der Waals surface area (Å²) < 4.78 is 6.41. The number of benzene rings is 1. The summed E-state index contributed by atoms with van der Waals surface area (Å²) in [6.45, 7) is 6.04. The molecule has 144 valence electrons. The maximum absolute atomic E-state index is 12.2. The summed E-state index contributed by atoms with van der Waals surface area (Å²) in [5, 5.41) is 7.55. The van der Waals surface area contributed by atoms with Gasteiger partial charge < -0.3 is 10.1 Å². The van der Waals surface area contributed by atoms with Crippen molar-refractivity contribution in [2.45, 2.75) is 33.4 Å². The van der Waals surface area contributed by atoms with Gasteiger partial charge in [-0.2, -0.15) is 5.10 Å². The SMILES string of the molecule is COC(=O)C(NC(=O)/C=C/c1c(C)nn(Cc2ccccc2)c1Cl)C(C)C. The molecule has 0 aliphatic carbocycles. The molecule has 0 aliphatic rings. The van der Waals surface area contributed by atoms with E-state index in [1.165, 1.54) is 13.2 Å². The summed E-state index contributed by atoms with van der Waals surface area (Å²) in [7, 11) is 1.30. The number of halogens is 1. The van der Waals surface area contributed by atoms with Crippen LogP contribution in [0, 0.1) is 12.8 Å². The van der Waals surface area contributed by atoms with E-state index in [0.29, 0.717) is 23.0 Å². The van der Waals surface area contributed by atoms with E-state index in [4.69, 9.17) is 16.3 Å². The van der Waals surface area contributed by atoms with Crippen molar-refractivity contribution < 1.29 is 14.3 Å². The molecule has 0 radical (unpaired) electrons. The molecule has 0 saturated heterocycles. The Morgan fingerprint density at radius 1 is 1.30 bits per heavy atom. The number of amides is 1. The first-order valence-electron chi connectivity index (χ1n) is 8.66. The molecule has 2 aromatic rings. The Hall–Kier alpha value is -2.60. The maximum atomic E-state index is 12.2. The van der Waals surface area contributed by atoms with Crippen molar-refractivity contribution in [3.63, 3.8) is 0 Å². The Labute approximate surface area is 164 Å². The summed E-state index contributed by atoms with van der Waals surface area (Å²) in [6, 6.07) is 9.15. The number of ether oxygens (including phenoxy) is 1. The van der Waals surface area contributed by atoms with Crippen LogP contribution in [0.2, 0.25) is 5.15 Å². The molecule has 1 atom stereocenters. The van der Waals surface area contributed by atoms with Gasteiger partial charge in [-0.25, -0.2) is 9.48 Å². The first-order valence-corrected chi connectivity index (χ1v) is 9.04. The molecule has 6 nitrogen and oxygen atoms in total. The number of nitrogens with zero attached hydrogens (tertiary/aromatic N) is 2. The average Bonchev–Trinajstić information content (AvgIpc) is 2.91. The molecule has 0 aliphatic heterocycles. The maximum Gasteiger partial charge on any atom is 0.328 e. The van der Waals surface area contributed by atoms with Crippen LogP contribution in [-0.2, 0) is 20.9 Å². The van der Waals surface area contributed by atoms with Crippen LogP contribution in [0.3, 0.4) is 0 Å². The zero-order valence-electron chi connectivity index (χ0n) is 15.9. The van der Waals surface area contributed by atoms with Crippen LogP contribution in [0.25, 0.3) is 6.08 Å². The largest absolute Gasteiger partial charge is 0.467 e. The average molecular weight is 390 g/mol. The van der Waals surface area contributed by atoms with Crippen LogP contribution in [0.1, 0.15) is 30.7 Å². The van der Waals surface area contributed by atoms with E-state index in [1.54, 1.807) is 10.8 Å². The number of hydrogen-bond acceptors (Lipinski definition) is 4. The fourth-order valence-electron chi connectivity index (χ4n) is 2.60. The third kappa shape index (κ3) is 5.44. The molecule has 0 spiro atoms. The van der Waals surface area contributed by atoms with E-state index in [2.05, 4.69) is 10.4 Å². The second kappa shape index (κ2) is 9.37. The number of nitrogens with one attached hydrogen (secondary N) is 1. The summed E-state index contributed by atoms with van der Waals surface area (Å²) >= 11 is 6.44. The number of carbonyl (C=O) groups is 2. The summed E-state index contributed by atoms with van der Waals surface area (Å²) in [5.41, 5.74) is 2.46. The molecule has 1 aromatic heterocycles. The van der Waals surface area contributed by atoms with Gasteiger partial charge in [-0.15, -0.1) is 0 Å². The Bertz CT molecular complexity index is 828. The third-order valence-electron chi connectivity index (χ3n) is 4.11. The highest BCUT2D eigenvalue weighted by Gasteiger charge is 2.24. The van der Waals surface area contributed by atoms with Gasteiger partial charge in [0.05, 0.1) is 19.3 Å². The molecule has 1 amide bonds. The van der Waals surface area contributed by atoms with Crippen molar-refractivity contribution in [3.8, 4) is 0 Å². The zero-order valence-corrected chi connectivity index (χ0v) is 16.7. The van der Waals surface area contributed by atoms with Crippen molar-refractivity contribution >= 4 is 29.6 Å². The first-order chi connectivity index (χ1) is 12.8. The van der Waals surface area contributed by atoms with Crippen molar-refractivity contribution in [2.75, 3.05) is 7.11 Å². The highest BCUT2D eigenvalue weighted by molar-refractivity contribution is 6.31. The van der Waals surface area contributed by atoms with Crippen LogP contribution in [-0.4, -0.2) is 34.8 Å². The number of hydrogen-bond donors (Lipinski definition) is 1. The fraction of sp³-hybridized carbons (Fsp3) is 0.350. The van der Waals surface area contributed by atoms with Gasteiger partial charge in [-0.3, -0.25) is 4.79 Å². The van der Waals surface area contributed by atoms with Crippen LogP contribution in [0.15, 0.2) is 36.4 Å². The number of esters is 1. The standard InChI is InChI=1S/C20H24ClN3O3/c1-13(2)18(20(26)27-4)22-17(25)11-10-16-14(3)23-24(19(16)21)12-15-8-6-5-7-9-15/h5-11,13,18H,12H2,1-4H3,(H,22,25)/b11-10+. The minimum absolute atomic E-state index is 0.0891. The minimum atomic E-state index is -0.704. The van der Waals surface area contributed by atoms with Gasteiger partial charge >= 0.3 is 5.97 Å². The van der Waals surface area contributed by atoms with E-state index in [1.807, 2.05) is 51.1 Å². The van der Waals surface area contributed by atoms with Crippen LogP contribution in [0.4, 0.5) is 0 Å². The topological polar surface area (TPSA) is 73.2 Å². The normalized spacial score (nSPS) is 12.4. The van der Waals surface area contributed by atoms with Gasteiger partial charge in [0, 0.05) is 11.6 Å². The van der Waals surface area contributed by atoms with E-state index < -0.39 is 17.9 Å². The smallest absolute Gasteiger partial charge is 0.328 e.